The van der Waals surface area contributed by atoms with E-state index in [9.17, 15) is 9.59 Å². The van der Waals surface area contributed by atoms with Gasteiger partial charge < -0.3 is 9.88 Å². The fourth-order valence-corrected chi connectivity index (χ4v) is 5.68. The average molecular weight is 409 g/mol. The molecule has 1 aromatic carbocycles. The number of nitrogens with zero attached hydrogens (tertiary/aromatic N) is 1. The van der Waals surface area contributed by atoms with E-state index < -0.39 is 5.91 Å². The minimum atomic E-state index is -0.415. The van der Waals surface area contributed by atoms with Gasteiger partial charge in [0.25, 0.3) is 5.91 Å². The average Bonchev–Trinajstić information content (AvgIpc) is 3.31. The SMILES string of the molecule is O=C1CC(=S)NC(=O)/C1=C/c1cc2c(s1)c1sccc1n2-c1ccccc1. The van der Waals surface area contributed by atoms with Crippen LogP contribution in [0.5, 0.6) is 0 Å². The number of carbonyl (C=O) groups is 2. The minimum Gasteiger partial charge on any atom is -0.316 e. The molecule has 1 amide bonds. The topological polar surface area (TPSA) is 51.1 Å². The Balaban J connectivity index is 1.70. The van der Waals surface area contributed by atoms with Gasteiger partial charge in [0.05, 0.1) is 37.4 Å². The van der Waals surface area contributed by atoms with Crippen LogP contribution < -0.4 is 5.32 Å². The van der Waals surface area contributed by atoms with E-state index in [2.05, 4.69) is 33.5 Å². The first-order valence-electron chi connectivity index (χ1n) is 8.28. The number of amides is 1. The number of benzene rings is 1. The molecule has 0 bridgehead atoms. The van der Waals surface area contributed by atoms with E-state index in [4.69, 9.17) is 12.2 Å². The van der Waals surface area contributed by atoms with Gasteiger partial charge in [-0.3, -0.25) is 9.59 Å². The molecule has 1 saturated heterocycles. The Bertz CT molecular complexity index is 1250. The van der Waals surface area contributed by atoms with Crippen LogP contribution in [-0.4, -0.2) is 21.2 Å². The lowest BCUT2D eigenvalue weighted by molar-refractivity contribution is -0.122. The van der Waals surface area contributed by atoms with E-state index in [0.717, 1.165) is 20.8 Å². The molecule has 0 unspecified atom stereocenters. The van der Waals surface area contributed by atoms with Crippen molar-refractivity contribution in [2.45, 2.75) is 6.42 Å². The van der Waals surface area contributed by atoms with Crippen LogP contribution in [0.1, 0.15) is 11.3 Å². The molecule has 5 rings (SSSR count). The molecule has 0 radical (unpaired) electrons. The van der Waals surface area contributed by atoms with Crippen molar-refractivity contribution in [3.05, 3.63) is 58.3 Å². The lowest BCUT2D eigenvalue weighted by atomic mass is 10.0. The summed E-state index contributed by atoms with van der Waals surface area (Å²) < 4.78 is 4.59. The molecular formula is C20H12N2O2S3. The van der Waals surface area contributed by atoms with Gasteiger partial charge in [-0.1, -0.05) is 30.4 Å². The maximum absolute atomic E-state index is 12.2. The summed E-state index contributed by atoms with van der Waals surface area (Å²) in [5.74, 6) is -0.643. The molecule has 0 aliphatic carbocycles. The Morgan fingerprint density at radius 3 is 2.67 bits per heavy atom. The third kappa shape index (κ3) is 2.66. The van der Waals surface area contributed by atoms with Gasteiger partial charge in [0, 0.05) is 10.6 Å². The number of thiocarbonyl (C=S) groups is 1. The molecule has 4 heterocycles. The second-order valence-corrected chi connectivity index (χ2v) is 8.70. The molecule has 1 aliphatic heterocycles. The minimum absolute atomic E-state index is 0.0865. The summed E-state index contributed by atoms with van der Waals surface area (Å²) >= 11 is 8.24. The number of rotatable bonds is 2. The molecule has 27 heavy (non-hydrogen) atoms. The van der Waals surface area contributed by atoms with Gasteiger partial charge in [0.1, 0.15) is 0 Å². The molecule has 0 saturated carbocycles. The predicted octanol–water partition coefficient (Wildman–Crippen LogP) is 4.71. The molecule has 3 aromatic heterocycles. The number of ketones is 1. The Morgan fingerprint density at radius 2 is 1.89 bits per heavy atom. The monoisotopic (exact) mass is 408 g/mol. The maximum atomic E-state index is 12.2. The summed E-state index contributed by atoms with van der Waals surface area (Å²) in [6.45, 7) is 0. The third-order valence-electron chi connectivity index (χ3n) is 4.48. The highest BCUT2D eigenvalue weighted by atomic mass is 32.1. The number of para-hydroxylation sites is 1. The van der Waals surface area contributed by atoms with Crippen LogP contribution in [0.3, 0.4) is 0 Å². The molecule has 0 atom stereocenters. The van der Waals surface area contributed by atoms with Crippen molar-refractivity contribution in [1.29, 1.82) is 0 Å². The van der Waals surface area contributed by atoms with E-state index in [1.807, 2.05) is 24.3 Å². The summed E-state index contributed by atoms with van der Waals surface area (Å²) in [6, 6.07) is 14.3. The smallest absolute Gasteiger partial charge is 0.259 e. The van der Waals surface area contributed by atoms with Gasteiger partial charge in [-0.2, -0.15) is 0 Å². The summed E-state index contributed by atoms with van der Waals surface area (Å²) in [6.07, 6.45) is 1.77. The summed E-state index contributed by atoms with van der Waals surface area (Å²) in [5, 5.41) is 4.66. The molecule has 1 fully saturated rings. The fourth-order valence-electron chi connectivity index (χ4n) is 3.33. The van der Waals surface area contributed by atoms with Crippen LogP contribution in [0.15, 0.2) is 53.4 Å². The van der Waals surface area contributed by atoms with Gasteiger partial charge in [-0.25, -0.2) is 0 Å². The molecule has 1 N–H and O–H groups in total. The predicted molar refractivity (Wildman–Crippen MR) is 115 cm³/mol. The summed E-state index contributed by atoms with van der Waals surface area (Å²) in [4.78, 5) is 25.5. The van der Waals surface area contributed by atoms with Crippen LogP contribution in [0, 0.1) is 0 Å². The van der Waals surface area contributed by atoms with Gasteiger partial charge in [0.2, 0.25) is 0 Å². The maximum Gasteiger partial charge on any atom is 0.259 e. The zero-order valence-electron chi connectivity index (χ0n) is 13.9. The molecule has 4 aromatic rings. The van der Waals surface area contributed by atoms with Crippen molar-refractivity contribution < 1.29 is 9.59 Å². The van der Waals surface area contributed by atoms with Gasteiger partial charge in [-0.15, -0.1) is 22.7 Å². The van der Waals surface area contributed by atoms with Crippen molar-refractivity contribution in [1.82, 2.24) is 9.88 Å². The van der Waals surface area contributed by atoms with Gasteiger partial charge in [0.15, 0.2) is 5.78 Å². The third-order valence-corrected chi connectivity index (χ3v) is 6.87. The highest BCUT2D eigenvalue weighted by Gasteiger charge is 2.26. The van der Waals surface area contributed by atoms with Crippen LogP contribution in [0.25, 0.3) is 32.2 Å². The Hall–Kier alpha value is -2.61. The quantitative estimate of drug-likeness (QED) is 0.297. The normalized spacial score (nSPS) is 16.6. The molecular weight excluding hydrogens is 396 g/mol. The molecule has 7 heteroatoms. The van der Waals surface area contributed by atoms with Gasteiger partial charge >= 0.3 is 0 Å². The lowest BCUT2D eigenvalue weighted by Gasteiger charge is -2.14. The lowest BCUT2D eigenvalue weighted by Crippen LogP contribution is -2.39. The van der Waals surface area contributed by atoms with Gasteiger partial charge in [-0.05, 0) is 35.7 Å². The largest absolute Gasteiger partial charge is 0.316 e. The van der Waals surface area contributed by atoms with Crippen molar-refractivity contribution in [3.8, 4) is 5.69 Å². The standard InChI is InChI=1S/C20H12N2O2S3/c23-16-10-17(25)21-20(24)13(16)8-12-9-15-19(27-12)18-14(6-7-26-18)22(15)11-4-2-1-3-5-11/h1-9H,10H2,(H,21,24,25)/b13-8+. The van der Waals surface area contributed by atoms with Crippen molar-refractivity contribution in [2.24, 2.45) is 0 Å². The van der Waals surface area contributed by atoms with Crippen LogP contribution in [-0.2, 0) is 9.59 Å². The number of carbonyl (C=O) groups excluding carboxylic acids is 2. The molecule has 0 spiro atoms. The number of nitrogens with one attached hydrogen (secondary N) is 1. The number of fused-ring (bicyclic) bond motifs is 3. The van der Waals surface area contributed by atoms with E-state index in [0.29, 0.717) is 0 Å². The zero-order chi connectivity index (χ0) is 18.5. The first kappa shape index (κ1) is 16.6. The summed E-state index contributed by atoms with van der Waals surface area (Å²) in [7, 11) is 0. The molecule has 1 aliphatic rings. The number of aromatic nitrogens is 1. The van der Waals surface area contributed by atoms with Crippen molar-refractivity contribution >= 4 is 78.1 Å². The number of hydrogen-bond acceptors (Lipinski definition) is 5. The van der Waals surface area contributed by atoms with E-state index in [-0.39, 0.29) is 22.8 Å². The number of thiophene rings is 2. The van der Waals surface area contributed by atoms with Crippen LogP contribution >= 0.6 is 34.9 Å². The van der Waals surface area contributed by atoms with Crippen molar-refractivity contribution in [2.75, 3.05) is 0 Å². The van der Waals surface area contributed by atoms with E-state index in [1.165, 1.54) is 10.2 Å². The highest BCUT2D eigenvalue weighted by Crippen LogP contribution is 2.40. The number of piperidine rings is 1. The Kier molecular flexibility index (Phi) is 3.82. The van der Waals surface area contributed by atoms with E-state index >= 15 is 0 Å². The number of Topliss-reactive ketones (excluding diaryl/α,β-unsaturated/α-hetero) is 1. The Morgan fingerprint density at radius 1 is 1.07 bits per heavy atom. The fraction of sp³-hybridized carbons (Fsp3) is 0.0500. The van der Waals surface area contributed by atoms with Crippen LogP contribution in [0.2, 0.25) is 0 Å². The second kappa shape index (κ2) is 6.23. The van der Waals surface area contributed by atoms with E-state index in [1.54, 1.807) is 28.7 Å². The summed E-state index contributed by atoms with van der Waals surface area (Å²) in [5.41, 5.74) is 3.51. The number of hydrogen-bond donors (Lipinski definition) is 1. The first-order chi connectivity index (χ1) is 13.1. The zero-order valence-corrected chi connectivity index (χ0v) is 16.3. The van der Waals surface area contributed by atoms with Crippen molar-refractivity contribution in [3.63, 3.8) is 0 Å². The highest BCUT2D eigenvalue weighted by molar-refractivity contribution is 7.80. The Labute approximate surface area is 167 Å². The molecule has 4 nitrogen and oxygen atoms in total. The molecule has 132 valence electrons. The van der Waals surface area contributed by atoms with Crippen LogP contribution in [0.4, 0.5) is 0 Å². The second-order valence-electron chi connectivity index (χ2n) is 6.20. The first-order valence-corrected chi connectivity index (χ1v) is 10.4.